The molecule has 1 aliphatic heterocycles. The second kappa shape index (κ2) is 5.83. The summed E-state index contributed by atoms with van der Waals surface area (Å²) in [6, 6.07) is 3.81. The van der Waals surface area contributed by atoms with Gasteiger partial charge in [0.1, 0.15) is 18.2 Å². The highest BCUT2D eigenvalue weighted by molar-refractivity contribution is 5.83. The molecule has 0 bridgehead atoms. The van der Waals surface area contributed by atoms with Crippen LogP contribution in [0.15, 0.2) is 37.2 Å². The van der Waals surface area contributed by atoms with Crippen molar-refractivity contribution in [3.05, 3.63) is 37.2 Å². The third kappa shape index (κ3) is 2.58. The van der Waals surface area contributed by atoms with Gasteiger partial charge in [-0.1, -0.05) is 0 Å². The first kappa shape index (κ1) is 13.9. The number of rotatable bonds is 4. The van der Waals surface area contributed by atoms with E-state index in [9.17, 15) is 0 Å². The Morgan fingerprint density at radius 2 is 2.26 bits per heavy atom. The molecule has 3 aromatic rings. The van der Waals surface area contributed by atoms with Gasteiger partial charge in [0.2, 0.25) is 0 Å². The number of imidazole rings is 1. The van der Waals surface area contributed by atoms with Crippen LogP contribution in [0.5, 0.6) is 5.75 Å². The van der Waals surface area contributed by atoms with Crippen LogP contribution in [-0.2, 0) is 6.54 Å². The van der Waals surface area contributed by atoms with E-state index in [0.29, 0.717) is 0 Å². The molecule has 4 rings (SSSR count). The molecular formula is C16H18N6O. The van der Waals surface area contributed by atoms with Crippen molar-refractivity contribution in [3.8, 4) is 5.75 Å². The summed E-state index contributed by atoms with van der Waals surface area (Å²) in [5.41, 5.74) is 1.74. The van der Waals surface area contributed by atoms with Gasteiger partial charge in [-0.3, -0.25) is 4.98 Å². The van der Waals surface area contributed by atoms with Gasteiger partial charge in [-0.25, -0.2) is 15.0 Å². The topological polar surface area (TPSA) is 69.0 Å². The first-order chi connectivity index (χ1) is 11.3. The normalized spacial score (nSPS) is 17.8. The fourth-order valence-corrected chi connectivity index (χ4v) is 2.96. The van der Waals surface area contributed by atoms with Crippen molar-refractivity contribution in [2.75, 3.05) is 18.0 Å². The number of hydrogen-bond donors (Lipinski definition) is 0. The Hall–Kier alpha value is -2.70. The van der Waals surface area contributed by atoms with Crippen LogP contribution in [0.1, 0.15) is 13.3 Å². The molecule has 1 unspecified atom stereocenters. The smallest absolute Gasteiger partial charge is 0.165 e. The molecule has 0 saturated carbocycles. The van der Waals surface area contributed by atoms with Crippen molar-refractivity contribution >= 4 is 17.0 Å². The Bertz CT molecular complexity index is 803. The largest absolute Gasteiger partial charge is 0.487 e. The molecule has 0 amide bonds. The van der Waals surface area contributed by atoms with Crippen LogP contribution >= 0.6 is 0 Å². The van der Waals surface area contributed by atoms with E-state index in [2.05, 4.69) is 31.8 Å². The van der Waals surface area contributed by atoms with E-state index in [1.807, 2.05) is 23.0 Å². The predicted molar refractivity (Wildman–Crippen MR) is 86.5 cm³/mol. The Morgan fingerprint density at radius 3 is 3.09 bits per heavy atom. The lowest BCUT2D eigenvalue weighted by Crippen LogP contribution is -2.25. The van der Waals surface area contributed by atoms with Crippen molar-refractivity contribution in [3.63, 3.8) is 0 Å². The monoisotopic (exact) mass is 310 g/mol. The maximum atomic E-state index is 5.99. The Kier molecular flexibility index (Phi) is 3.53. The average Bonchev–Trinajstić information content (AvgIpc) is 3.22. The number of pyridine rings is 1. The molecule has 23 heavy (non-hydrogen) atoms. The maximum absolute atomic E-state index is 5.99. The predicted octanol–water partition coefficient (Wildman–Crippen LogP) is 1.90. The SMILES string of the molecule is CCn1cnc2c(N3CCC(Oc4cccnc4)C3)ncnc21. The third-order valence-corrected chi connectivity index (χ3v) is 4.10. The number of hydrogen-bond acceptors (Lipinski definition) is 6. The molecule has 0 radical (unpaired) electrons. The quantitative estimate of drug-likeness (QED) is 0.733. The van der Waals surface area contributed by atoms with Gasteiger partial charge >= 0.3 is 0 Å². The molecule has 1 fully saturated rings. The molecule has 1 atom stereocenters. The molecule has 3 aromatic heterocycles. The second-order valence-corrected chi connectivity index (χ2v) is 5.56. The molecule has 118 valence electrons. The number of nitrogens with zero attached hydrogens (tertiary/aromatic N) is 6. The maximum Gasteiger partial charge on any atom is 0.165 e. The van der Waals surface area contributed by atoms with E-state index in [-0.39, 0.29) is 6.10 Å². The van der Waals surface area contributed by atoms with Crippen molar-refractivity contribution in [2.45, 2.75) is 26.0 Å². The number of aryl methyl sites for hydroxylation is 1. The standard InChI is InChI=1S/C16H18N6O/c1-2-21-11-20-14-15(21)18-10-19-16(14)22-7-5-13(9-22)23-12-4-3-6-17-8-12/h3-4,6,8,10-11,13H,2,5,7,9H2,1H3. The van der Waals surface area contributed by atoms with Crippen LogP contribution in [0, 0.1) is 0 Å². The summed E-state index contributed by atoms with van der Waals surface area (Å²) in [4.78, 5) is 19.6. The summed E-state index contributed by atoms with van der Waals surface area (Å²) in [6.07, 6.45) is 8.01. The molecule has 4 heterocycles. The molecule has 0 N–H and O–H groups in total. The van der Waals surface area contributed by atoms with E-state index >= 15 is 0 Å². The number of ether oxygens (including phenoxy) is 1. The van der Waals surface area contributed by atoms with Crippen molar-refractivity contribution in [1.82, 2.24) is 24.5 Å². The van der Waals surface area contributed by atoms with E-state index < -0.39 is 0 Å². The summed E-state index contributed by atoms with van der Waals surface area (Å²) in [5.74, 6) is 1.70. The van der Waals surface area contributed by atoms with Gasteiger partial charge in [0.05, 0.1) is 19.1 Å². The van der Waals surface area contributed by atoms with Crippen LogP contribution in [-0.4, -0.2) is 43.7 Å². The zero-order chi connectivity index (χ0) is 15.6. The molecule has 7 heteroatoms. The molecule has 1 aliphatic rings. The van der Waals surface area contributed by atoms with Gasteiger partial charge < -0.3 is 14.2 Å². The van der Waals surface area contributed by atoms with E-state index in [0.717, 1.165) is 48.8 Å². The molecule has 0 aliphatic carbocycles. The van der Waals surface area contributed by atoms with Gasteiger partial charge in [0.25, 0.3) is 0 Å². The Labute approximate surface area is 134 Å². The second-order valence-electron chi connectivity index (χ2n) is 5.56. The van der Waals surface area contributed by atoms with Gasteiger partial charge in [0.15, 0.2) is 17.0 Å². The lowest BCUT2D eigenvalue weighted by Gasteiger charge is -2.18. The highest BCUT2D eigenvalue weighted by Crippen LogP contribution is 2.26. The van der Waals surface area contributed by atoms with Crippen LogP contribution in [0.3, 0.4) is 0 Å². The van der Waals surface area contributed by atoms with Crippen molar-refractivity contribution in [2.24, 2.45) is 0 Å². The van der Waals surface area contributed by atoms with Gasteiger partial charge in [-0.2, -0.15) is 0 Å². The highest BCUT2D eigenvalue weighted by atomic mass is 16.5. The zero-order valence-electron chi connectivity index (χ0n) is 13.0. The lowest BCUT2D eigenvalue weighted by atomic mass is 10.3. The van der Waals surface area contributed by atoms with Crippen LogP contribution in [0.4, 0.5) is 5.82 Å². The minimum atomic E-state index is 0.137. The zero-order valence-corrected chi connectivity index (χ0v) is 13.0. The fraction of sp³-hybridized carbons (Fsp3) is 0.375. The van der Waals surface area contributed by atoms with Gasteiger partial charge in [-0.15, -0.1) is 0 Å². The van der Waals surface area contributed by atoms with Gasteiger partial charge in [0, 0.05) is 25.7 Å². The molecule has 1 saturated heterocycles. The van der Waals surface area contributed by atoms with E-state index in [1.165, 1.54) is 0 Å². The number of aromatic nitrogens is 5. The molecular weight excluding hydrogens is 292 g/mol. The average molecular weight is 310 g/mol. The number of anilines is 1. The van der Waals surface area contributed by atoms with E-state index in [1.54, 1.807) is 18.7 Å². The van der Waals surface area contributed by atoms with E-state index in [4.69, 9.17) is 4.74 Å². The summed E-state index contributed by atoms with van der Waals surface area (Å²) in [5, 5.41) is 0. The Balaban J connectivity index is 1.55. The minimum absolute atomic E-state index is 0.137. The van der Waals surface area contributed by atoms with Crippen LogP contribution < -0.4 is 9.64 Å². The summed E-state index contributed by atoms with van der Waals surface area (Å²) in [7, 11) is 0. The minimum Gasteiger partial charge on any atom is -0.487 e. The molecule has 0 aromatic carbocycles. The van der Waals surface area contributed by atoms with Crippen LogP contribution in [0.25, 0.3) is 11.2 Å². The molecule has 0 spiro atoms. The Morgan fingerprint density at radius 1 is 1.30 bits per heavy atom. The summed E-state index contributed by atoms with van der Waals surface area (Å²) >= 11 is 0. The summed E-state index contributed by atoms with van der Waals surface area (Å²) in [6.45, 7) is 4.62. The first-order valence-electron chi connectivity index (χ1n) is 7.82. The number of fused-ring (bicyclic) bond motifs is 1. The van der Waals surface area contributed by atoms with Crippen molar-refractivity contribution in [1.29, 1.82) is 0 Å². The fourth-order valence-electron chi connectivity index (χ4n) is 2.96. The molecule has 7 nitrogen and oxygen atoms in total. The van der Waals surface area contributed by atoms with Crippen molar-refractivity contribution < 1.29 is 4.74 Å². The highest BCUT2D eigenvalue weighted by Gasteiger charge is 2.27. The first-order valence-corrected chi connectivity index (χ1v) is 7.82. The van der Waals surface area contributed by atoms with Gasteiger partial charge in [-0.05, 0) is 19.1 Å². The third-order valence-electron chi connectivity index (χ3n) is 4.10. The summed E-state index contributed by atoms with van der Waals surface area (Å²) < 4.78 is 8.02. The van der Waals surface area contributed by atoms with Crippen LogP contribution in [0.2, 0.25) is 0 Å². The lowest BCUT2D eigenvalue weighted by molar-refractivity contribution is 0.224.